The summed E-state index contributed by atoms with van der Waals surface area (Å²) in [6.45, 7) is 4.29. The third-order valence-corrected chi connectivity index (χ3v) is 4.28. The molecule has 1 amide bonds. The predicted octanol–water partition coefficient (Wildman–Crippen LogP) is 2.14. The molecule has 0 aliphatic heterocycles. The van der Waals surface area contributed by atoms with Crippen molar-refractivity contribution in [2.24, 2.45) is 17.8 Å². The summed E-state index contributed by atoms with van der Waals surface area (Å²) >= 11 is 0. The number of carboxylic acids is 1. The van der Waals surface area contributed by atoms with E-state index >= 15 is 0 Å². The van der Waals surface area contributed by atoms with Crippen LogP contribution in [0.4, 0.5) is 0 Å². The maximum atomic E-state index is 12.3. The van der Waals surface area contributed by atoms with Gasteiger partial charge in [-0.05, 0) is 37.8 Å². The lowest BCUT2D eigenvalue weighted by Crippen LogP contribution is -2.35. The minimum absolute atomic E-state index is 0.165. The van der Waals surface area contributed by atoms with Crippen LogP contribution in [-0.2, 0) is 16.1 Å². The van der Waals surface area contributed by atoms with E-state index < -0.39 is 17.8 Å². The highest BCUT2D eigenvalue weighted by atomic mass is 16.4. The summed E-state index contributed by atoms with van der Waals surface area (Å²) in [6, 6.07) is 5.65. The number of pyridine rings is 1. The molecule has 0 saturated heterocycles. The van der Waals surface area contributed by atoms with Crippen molar-refractivity contribution in [2.75, 3.05) is 0 Å². The van der Waals surface area contributed by atoms with Gasteiger partial charge in [-0.1, -0.05) is 19.4 Å². The Kier molecular flexibility index (Phi) is 4.94. The summed E-state index contributed by atoms with van der Waals surface area (Å²) < 4.78 is 0. The number of hydrogen-bond acceptors (Lipinski definition) is 3. The number of rotatable bonds is 5. The first-order chi connectivity index (χ1) is 10.0. The molecule has 0 radical (unpaired) electrons. The number of carbonyl (C=O) groups excluding carboxylic acids is 1. The molecule has 1 heterocycles. The molecule has 1 aromatic rings. The molecule has 1 aliphatic carbocycles. The quantitative estimate of drug-likeness (QED) is 0.870. The number of carboxylic acid groups (broad SMARTS) is 1. The van der Waals surface area contributed by atoms with Gasteiger partial charge < -0.3 is 10.4 Å². The molecule has 2 rings (SSSR count). The van der Waals surface area contributed by atoms with Crippen molar-refractivity contribution in [3.63, 3.8) is 0 Å². The van der Waals surface area contributed by atoms with E-state index in [-0.39, 0.29) is 5.91 Å². The highest BCUT2D eigenvalue weighted by Gasteiger charge is 2.41. The zero-order valence-electron chi connectivity index (χ0n) is 12.5. The third-order valence-electron chi connectivity index (χ3n) is 4.28. The number of carbonyl (C=O) groups is 2. The van der Waals surface area contributed by atoms with Gasteiger partial charge in [-0.2, -0.15) is 0 Å². The van der Waals surface area contributed by atoms with Crippen molar-refractivity contribution in [3.05, 3.63) is 29.6 Å². The Morgan fingerprint density at radius 2 is 2.05 bits per heavy atom. The van der Waals surface area contributed by atoms with E-state index in [9.17, 15) is 14.7 Å². The van der Waals surface area contributed by atoms with Gasteiger partial charge in [0.1, 0.15) is 0 Å². The SMILES string of the molecule is CCC1CC(C(=O)O)C(C(=O)NCc2cccc(C)n2)C1. The minimum Gasteiger partial charge on any atom is -0.481 e. The second-order valence-electron chi connectivity index (χ2n) is 5.79. The molecule has 1 fully saturated rings. The average molecular weight is 290 g/mol. The van der Waals surface area contributed by atoms with Gasteiger partial charge in [0.15, 0.2) is 0 Å². The van der Waals surface area contributed by atoms with Crippen molar-refractivity contribution in [1.82, 2.24) is 10.3 Å². The first-order valence-corrected chi connectivity index (χ1v) is 7.44. The van der Waals surface area contributed by atoms with E-state index in [2.05, 4.69) is 10.3 Å². The number of aliphatic carboxylic acids is 1. The Morgan fingerprint density at radius 3 is 2.67 bits per heavy atom. The first-order valence-electron chi connectivity index (χ1n) is 7.44. The van der Waals surface area contributed by atoms with Crippen LogP contribution in [0, 0.1) is 24.7 Å². The van der Waals surface area contributed by atoms with Crippen molar-refractivity contribution < 1.29 is 14.7 Å². The Balaban J connectivity index is 1.97. The zero-order valence-corrected chi connectivity index (χ0v) is 12.5. The van der Waals surface area contributed by atoms with Crippen molar-refractivity contribution >= 4 is 11.9 Å². The lowest BCUT2D eigenvalue weighted by atomic mass is 9.95. The van der Waals surface area contributed by atoms with Crippen LogP contribution in [0.3, 0.4) is 0 Å². The van der Waals surface area contributed by atoms with E-state index in [4.69, 9.17) is 0 Å². The maximum absolute atomic E-state index is 12.3. The minimum atomic E-state index is -0.861. The second-order valence-corrected chi connectivity index (χ2v) is 5.79. The van der Waals surface area contributed by atoms with Crippen LogP contribution >= 0.6 is 0 Å². The van der Waals surface area contributed by atoms with Gasteiger partial charge in [0.05, 0.1) is 24.1 Å². The fourth-order valence-electron chi connectivity index (χ4n) is 3.05. The topological polar surface area (TPSA) is 79.3 Å². The second kappa shape index (κ2) is 6.70. The number of amides is 1. The molecule has 5 nitrogen and oxygen atoms in total. The summed E-state index contributed by atoms with van der Waals surface area (Å²) in [4.78, 5) is 27.9. The number of aryl methyl sites for hydroxylation is 1. The van der Waals surface area contributed by atoms with Crippen LogP contribution < -0.4 is 5.32 Å². The number of nitrogens with zero attached hydrogens (tertiary/aromatic N) is 1. The first kappa shape index (κ1) is 15.5. The Bertz CT molecular complexity index is 530. The largest absolute Gasteiger partial charge is 0.481 e. The molecular formula is C16H22N2O3. The molecular weight excluding hydrogens is 268 g/mol. The molecule has 3 unspecified atom stereocenters. The molecule has 1 saturated carbocycles. The van der Waals surface area contributed by atoms with Crippen LogP contribution in [0.25, 0.3) is 0 Å². The summed E-state index contributed by atoms with van der Waals surface area (Å²) in [5.41, 5.74) is 1.69. The molecule has 1 aliphatic rings. The summed E-state index contributed by atoms with van der Waals surface area (Å²) in [5, 5.41) is 12.1. The lowest BCUT2D eigenvalue weighted by molar-refractivity contribution is -0.146. The molecule has 0 spiro atoms. The van der Waals surface area contributed by atoms with Crippen molar-refractivity contribution in [3.8, 4) is 0 Å². The molecule has 1 aromatic heterocycles. The smallest absolute Gasteiger partial charge is 0.307 e. The van der Waals surface area contributed by atoms with E-state index in [0.29, 0.717) is 25.3 Å². The molecule has 0 aromatic carbocycles. The predicted molar refractivity (Wildman–Crippen MR) is 78.5 cm³/mol. The van der Waals surface area contributed by atoms with Crippen molar-refractivity contribution in [2.45, 2.75) is 39.7 Å². The number of aromatic nitrogens is 1. The Labute approximate surface area is 124 Å². The molecule has 0 bridgehead atoms. The van der Waals surface area contributed by atoms with Gasteiger partial charge in [-0.25, -0.2) is 0 Å². The Morgan fingerprint density at radius 1 is 1.33 bits per heavy atom. The molecule has 5 heteroatoms. The van der Waals surface area contributed by atoms with Crippen LogP contribution in [0.1, 0.15) is 37.6 Å². The average Bonchev–Trinajstić information content (AvgIpc) is 2.89. The summed E-state index contributed by atoms with van der Waals surface area (Å²) in [7, 11) is 0. The molecule has 21 heavy (non-hydrogen) atoms. The van der Waals surface area contributed by atoms with Crippen LogP contribution in [0.15, 0.2) is 18.2 Å². The maximum Gasteiger partial charge on any atom is 0.307 e. The Hall–Kier alpha value is -1.91. The zero-order chi connectivity index (χ0) is 15.4. The van der Waals surface area contributed by atoms with Gasteiger partial charge in [0.2, 0.25) is 5.91 Å². The fraction of sp³-hybridized carbons (Fsp3) is 0.562. The normalized spacial score (nSPS) is 24.8. The van der Waals surface area contributed by atoms with E-state index in [1.54, 1.807) is 0 Å². The van der Waals surface area contributed by atoms with Gasteiger partial charge in [-0.3, -0.25) is 14.6 Å². The van der Waals surface area contributed by atoms with Gasteiger partial charge in [-0.15, -0.1) is 0 Å². The van der Waals surface area contributed by atoms with E-state index in [1.807, 2.05) is 32.0 Å². The summed E-state index contributed by atoms with van der Waals surface area (Å²) in [5.74, 6) is -1.67. The highest BCUT2D eigenvalue weighted by Crippen LogP contribution is 2.38. The molecule has 2 N–H and O–H groups in total. The van der Waals surface area contributed by atoms with E-state index in [1.165, 1.54) is 0 Å². The van der Waals surface area contributed by atoms with Crippen LogP contribution in [-0.4, -0.2) is 22.0 Å². The number of hydrogen-bond donors (Lipinski definition) is 2. The van der Waals surface area contributed by atoms with Gasteiger partial charge in [0.25, 0.3) is 0 Å². The monoisotopic (exact) mass is 290 g/mol. The lowest BCUT2D eigenvalue weighted by Gasteiger charge is -2.15. The summed E-state index contributed by atoms with van der Waals surface area (Å²) in [6.07, 6.45) is 2.19. The van der Waals surface area contributed by atoms with Crippen molar-refractivity contribution in [1.29, 1.82) is 0 Å². The van der Waals surface area contributed by atoms with Crippen LogP contribution in [0.5, 0.6) is 0 Å². The van der Waals surface area contributed by atoms with E-state index in [0.717, 1.165) is 17.8 Å². The van der Waals surface area contributed by atoms with Gasteiger partial charge >= 0.3 is 5.97 Å². The number of nitrogens with one attached hydrogen (secondary N) is 1. The van der Waals surface area contributed by atoms with Gasteiger partial charge in [0, 0.05) is 5.69 Å². The molecule has 114 valence electrons. The van der Waals surface area contributed by atoms with Crippen LogP contribution in [0.2, 0.25) is 0 Å². The highest BCUT2D eigenvalue weighted by molar-refractivity contribution is 5.85. The molecule has 3 atom stereocenters. The fourth-order valence-corrected chi connectivity index (χ4v) is 3.05. The third kappa shape index (κ3) is 3.80. The standard InChI is InChI=1S/C16H22N2O3/c1-3-11-7-13(14(8-11)16(20)21)15(19)17-9-12-6-4-5-10(2)18-12/h4-6,11,13-14H,3,7-9H2,1-2H3,(H,17,19)(H,20,21).